The summed E-state index contributed by atoms with van der Waals surface area (Å²) in [5, 5.41) is 12.4. The van der Waals surface area contributed by atoms with Gasteiger partial charge < -0.3 is 20.1 Å². The number of anilines is 2. The quantitative estimate of drug-likeness (QED) is 0.197. The maximum Gasteiger partial charge on any atom is 0.257 e. The maximum absolute atomic E-state index is 12.5. The SMILES string of the molecule is COc1ccc(C(=O)NC(=S)Nc2ccc3nc(NC(=S)NC(=O)c4ccc(OC)c(Cl)c4)sc3c2)cc1Cl. The van der Waals surface area contributed by atoms with Crippen LogP contribution >= 0.6 is 59.0 Å². The molecule has 0 aliphatic rings. The molecule has 1 heterocycles. The molecule has 0 aliphatic heterocycles. The summed E-state index contributed by atoms with van der Waals surface area (Å²) in [5.74, 6) is 0.0699. The number of carbonyl (C=O) groups is 2. The number of halogens is 2. The summed E-state index contributed by atoms with van der Waals surface area (Å²) in [4.78, 5) is 29.5. The molecule has 0 saturated carbocycles. The second kappa shape index (κ2) is 12.5. The van der Waals surface area contributed by atoms with Gasteiger partial charge in [0.25, 0.3) is 11.8 Å². The zero-order valence-electron chi connectivity index (χ0n) is 20.3. The first-order chi connectivity index (χ1) is 18.7. The van der Waals surface area contributed by atoms with Crippen molar-refractivity contribution in [2.24, 2.45) is 0 Å². The van der Waals surface area contributed by atoms with Crippen molar-refractivity contribution >= 4 is 102 Å². The molecule has 0 fully saturated rings. The molecular formula is C25H19Cl2N5O4S3. The number of methoxy groups -OCH3 is 2. The van der Waals surface area contributed by atoms with Gasteiger partial charge in [-0.3, -0.25) is 20.2 Å². The Bertz CT molecular complexity index is 1530. The van der Waals surface area contributed by atoms with Crippen LogP contribution in [0.1, 0.15) is 20.7 Å². The maximum atomic E-state index is 12.5. The Balaban J connectivity index is 1.36. The molecule has 0 spiro atoms. The molecule has 0 radical (unpaired) electrons. The molecule has 200 valence electrons. The highest BCUT2D eigenvalue weighted by molar-refractivity contribution is 7.80. The van der Waals surface area contributed by atoms with E-state index in [0.717, 1.165) is 4.70 Å². The third-order valence-electron chi connectivity index (χ3n) is 5.15. The van der Waals surface area contributed by atoms with Crippen molar-refractivity contribution in [3.63, 3.8) is 0 Å². The number of hydrogen-bond donors (Lipinski definition) is 4. The van der Waals surface area contributed by atoms with Gasteiger partial charge in [-0.05, 0) is 79.0 Å². The van der Waals surface area contributed by atoms with E-state index in [1.165, 1.54) is 37.7 Å². The summed E-state index contributed by atoms with van der Waals surface area (Å²) in [6.07, 6.45) is 0. The molecule has 0 unspecified atom stereocenters. The fourth-order valence-corrected chi connectivity index (χ4v) is 5.20. The van der Waals surface area contributed by atoms with Crippen LogP contribution in [0.4, 0.5) is 10.8 Å². The van der Waals surface area contributed by atoms with Crippen LogP contribution in [0.5, 0.6) is 11.5 Å². The van der Waals surface area contributed by atoms with E-state index in [4.69, 9.17) is 57.1 Å². The number of hydrogen-bond acceptors (Lipinski definition) is 8. The van der Waals surface area contributed by atoms with E-state index in [1.54, 1.807) is 36.4 Å². The molecule has 4 aromatic rings. The highest BCUT2D eigenvalue weighted by Crippen LogP contribution is 2.29. The first-order valence-electron chi connectivity index (χ1n) is 11.0. The third kappa shape index (κ3) is 7.11. The Morgan fingerprint density at radius 2 is 1.33 bits per heavy atom. The van der Waals surface area contributed by atoms with Crippen molar-refractivity contribution in [1.29, 1.82) is 0 Å². The summed E-state index contributed by atoms with van der Waals surface area (Å²) in [7, 11) is 2.98. The molecular weight excluding hydrogens is 601 g/mol. The van der Waals surface area contributed by atoms with Gasteiger partial charge in [0.15, 0.2) is 15.4 Å². The van der Waals surface area contributed by atoms with E-state index in [1.807, 2.05) is 6.07 Å². The average Bonchev–Trinajstić information content (AvgIpc) is 3.29. The number of benzene rings is 3. The monoisotopic (exact) mass is 619 g/mol. The van der Waals surface area contributed by atoms with Gasteiger partial charge in [-0.15, -0.1) is 0 Å². The normalized spacial score (nSPS) is 10.5. The van der Waals surface area contributed by atoms with Gasteiger partial charge in [-0.2, -0.15) is 0 Å². The van der Waals surface area contributed by atoms with Crippen molar-refractivity contribution in [2.75, 3.05) is 24.9 Å². The molecule has 2 amide bonds. The first kappa shape index (κ1) is 28.5. The van der Waals surface area contributed by atoms with Crippen LogP contribution in [-0.2, 0) is 0 Å². The van der Waals surface area contributed by atoms with Gasteiger partial charge in [0.2, 0.25) is 0 Å². The highest BCUT2D eigenvalue weighted by atomic mass is 35.5. The number of nitrogens with zero attached hydrogens (tertiary/aromatic N) is 1. The molecule has 0 bridgehead atoms. The van der Waals surface area contributed by atoms with Crippen LogP contribution in [-0.4, -0.2) is 41.2 Å². The second-order valence-electron chi connectivity index (χ2n) is 7.72. The Labute approximate surface area is 247 Å². The van der Waals surface area contributed by atoms with Gasteiger partial charge in [0.1, 0.15) is 11.5 Å². The summed E-state index contributed by atoms with van der Waals surface area (Å²) in [6.45, 7) is 0. The fourth-order valence-electron chi connectivity index (χ4n) is 3.31. The number of ether oxygens (including phenoxy) is 2. The number of aromatic nitrogens is 1. The number of thiazole rings is 1. The Morgan fingerprint density at radius 1 is 0.795 bits per heavy atom. The van der Waals surface area contributed by atoms with Crippen molar-refractivity contribution in [3.8, 4) is 11.5 Å². The van der Waals surface area contributed by atoms with Crippen molar-refractivity contribution in [1.82, 2.24) is 15.6 Å². The second-order valence-corrected chi connectivity index (χ2v) is 10.4. The summed E-state index contributed by atoms with van der Waals surface area (Å²) < 4.78 is 11.0. The predicted molar refractivity (Wildman–Crippen MR) is 163 cm³/mol. The van der Waals surface area contributed by atoms with Crippen LogP contribution < -0.4 is 30.7 Å². The van der Waals surface area contributed by atoms with E-state index in [2.05, 4.69) is 26.3 Å². The lowest BCUT2D eigenvalue weighted by molar-refractivity contribution is 0.0969. The molecule has 9 nitrogen and oxygen atoms in total. The Morgan fingerprint density at radius 3 is 1.85 bits per heavy atom. The van der Waals surface area contributed by atoms with Crippen LogP contribution in [0, 0.1) is 0 Å². The molecule has 4 rings (SSSR count). The molecule has 14 heteroatoms. The standard InChI is InChI=1S/C25H19Cl2N5O4S3/c1-35-18-7-3-12(9-15(18)26)21(33)30-23(37)28-14-5-6-17-20(11-14)39-25(29-17)32-24(38)31-22(34)13-4-8-19(36-2)16(27)10-13/h3-11H,1-2H3,(H2,28,30,33,37)(H2,29,31,32,34,38). The lowest BCUT2D eigenvalue weighted by atomic mass is 10.2. The van der Waals surface area contributed by atoms with Gasteiger partial charge >= 0.3 is 0 Å². The van der Waals surface area contributed by atoms with E-state index < -0.39 is 11.8 Å². The van der Waals surface area contributed by atoms with Gasteiger partial charge in [-0.25, -0.2) is 4.98 Å². The van der Waals surface area contributed by atoms with Crippen molar-refractivity contribution < 1.29 is 19.1 Å². The third-order valence-corrected chi connectivity index (χ3v) is 7.08. The lowest BCUT2D eigenvalue weighted by Crippen LogP contribution is -2.34. The number of thiocarbonyl (C=S) groups is 2. The molecule has 1 aromatic heterocycles. The van der Waals surface area contributed by atoms with Gasteiger partial charge in [-0.1, -0.05) is 34.5 Å². The molecule has 4 N–H and O–H groups in total. The van der Waals surface area contributed by atoms with E-state index >= 15 is 0 Å². The largest absolute Gasteiger partial charge is 0.495 e. The van der Waals surface area contributed by atoms with Crippen LogP contribution in [0.15, 0.2) is 54.6 Å². The predicted octanol–water partition coefficient (Wildman–Crippen LogP) is 5.87. The highest BCUT2D eigenvalue weighted by Gasteiger charge is 2.14. The van der Waals surface area contributed by atoms with Gasteiger partial charge in [0.05, 0.1) is 34.5 Å². The minimum Gasteiger partial charge on any atom is -0.495 e. The molecule has 0 saturated heterocycles. The number of rotatable bonds is 6. The van der Waals surface area contributed by atoms with Crippen LogP contribution in [0.2, 0.25) is 10.0 Å². The number of amides is 2. The lowest BCUT2D eigenvalue weighted by Gasteiger charge is -2.10. The molecule has 39 heavy (non-hydrogen) atoms. The smallest absolute Gasteiger partial charge is 0.257 e. The zero-order valence-corrected chi connectivity index (χ0v) is 24.2. The van der Waals surface area contributed by atoms with E-state index in [-0.39, 0.29) is 10.2 Å². The topological polar surface area (TPSA) is 114 Å². The molecule has 0 atom stereocenters. The molecule has 3 aromatic carbocycles. The molecule has 0 aliphatic carbocycles. The minimum absolute atomic E-state index is 0.0758. The Kier molecular flexibility index (Phi) is 9.15. The number of carbonyl (C=O) groups excluding carboxylic acids is 2. The summed E-state index contributed by atoms with van der Waals surface area (Å²) in [5.41, 5.74) is 2.00. The average molecular weight is 621 g/mol. The number of fused-ring (bicyclic) bond motifs is 1. The number of nitrogens with one attached hydrogen (secondary N) is 4. The zero-order chi connectivity index (χ0) is 28.1. The van der Waals surface area contributed by atoms with E-state index in [0.29, 0.717) is 49.0 Å². The van der Waals surface area contributed by atoms with Crippen molar-refractivity contribution in [2.45, 2.75) is 0 Å². The van der Waals surface area contributed by atoms with Gasteiger partial charge in [0, 0.05) is 16.8 Å². The first-order valence-corrected chi connectivity index (χ1v) is 13.4. The fraction of sp³-hybridized carbons (Fsp3) is 0.0800. The van der Waals surface area contributed by atoms with Crippen LogP contribution in [0.25, 0.3) is 10.2 Å². The summed E-state index contributed by atoms with van der Waals surface area (Å²) in [6, 6.07) is 14.7. The van der Waals surface area contributed by atoms with Crippen molar-refractivity contribution in [3.05, 3.63) is 75.8 Å². The van der Waals surface area contributed by atoms with E-state index in [9.17, 15) is 9.59 Å². The summed E-state index contributed by atoms with van der Waals surface area (Å²) >= 11 is 24.1. The minimum atomic E-state index is -0.433. The Hall–Kier alpha value is -3.55. The van der Waals surface area contributed by atoms with Crippen LogP contribution in [0.3, 0.4) is 0 Å².